The van der Waals surface area contributed by atoms with Gasteiger partial charge >= 0.3 is 0 Å². The number of aryl methyl sites for hydroxylation is 3. The van der Waals surface area contributed by atoms with Crippen molar-refractivity contribution in [2.24, 2.45) is 23.2 Å². The monoisotopic (exact) mass is 505 g/mol. The SMILES string of the molecule is CCc1cccc(CC)c1-n1c(CNC(=O)C23CC4CC(CC(C4)C2)C3)nnc1Sc1cc(C)on1. The molecule has 0 spiro atoms. The van der Waals surface area contributed by atoms with E-state index >= 15 is 0 Å². The van der Waals surface area contributed by atoms with Gasteiger partial charge < -0.3 is 9.84 Å². The lowest BCUT2D eigenvalue weighted by Crippen LogP contribution is -2.53. The van der Waals surface area contributed by atoms with Gasteiger partial charge in [-0.05, 0) is 98.9 Å². The van der Waals surface area contributed by atoms with E-state index in [1.54, 1.807) is 0 Å². The number of carbonyl (C=O) groups excluding carboxylic acids is 1. The third-order valence-electron chi connectivity index (χ3n) is 8.62. The number of nitrogens with zero attached hydrogens (tertiary/aromatic N) is 4. The molecule has 7 nitrogen and oxygen atoms in total. The Morgan fingerprint density at radius 1 is 1.08 bits per heavy atom. The Morgan fingerprint density at radius 3 is 2.28 bits per heavy atom. The van der Waals surface area contributed by atoms with Crippen LogP contribution in [-0.4, -0.2) is 25.8 Å². The molecule has 3 aromatic rings. The summed E-state index contributed by atoms with van der Waals surface area (Å²) in [6.45, 7) is 6.60. The highest BCUT2D eigenvalue weighted by Crippen LogP contribution is 2.60. The van der Waals surface area contributed by atoms with Gasteiger partial charge in [0.1, 0.15) is 10.8 Å². The molecule has 2 aromatic heterocycles. The third kappa shape index (κ3) is 4.17. The summed E-state index contributed by atoms with van der Waals surface area (Å²) in [6.07, 6.45) is 8.96. The number of nitrogens with one attached hydrogen (secondary N) is 1. The lowest BCUT2D eigenvalue weighted by atomic mass is 9.49. The second-order valence-corrected chi connectivity index (χ2v) is 12.1. The molecule has 1 N–H and O–H groups in total. The van der Waals surface area contributed by atoms with Crippen LogP contribution in [0.3, 0.4) is 0 Å². The molecule has 2 heterocycles. The number of rotatable bonds is 8. The second-order valence-electron chi connectivity index (χ2n) is 11.1. The van der Waals surface area contributed by atoms with Crippen molar-refractivity contribution in [3.05, 3.63) is 47.0 Å². The van der Waals surface area contributed by atoms with Crippen molar-refractivity contribution >= 4 is 17.7 Å². The van der Waals surface area contributed by atoms with E-state index < -0.39 is 0 Å². The quantitative estimate of drug-likeness (QED) is 0.424. The molecule has 4 fully saturated rings. The molecule has 190 valence electrons. The molecule has 7 rings (SSSR count). The zero-order valence-corrected chi connectivity index (χ0v) is 22.2. The summed E-state index contributed by atoms with van der Waals surface area (Å²) >= 11 is 1.44. The molecular weight excluding hydrogens is 470 g/mol. The first-order valence-electron chi connectivity index (χ1n) is 13.4. The zero-order valence-electron chi connectivity index (χ0n) is 21.4. The molecule has 0 saturated heterocycles. The molecule has 8 heteroatoms. The molecule has 4 bridgehead atoms. The number of para-hydroxylation sites is 1. The van der Waals surface area contributed by atoms with Gasteiger partial charge in [-0.3, -0.25) is 9.36 Å². The lowest BCUT2D eigenvalue weighted by Gasteiger charge is -2.55. The summed E-state index contributed by atoms with van der Waals surface area (Å²) in [5.74, 6) is 3.95. The van der Waals surface area contributed by atoms with Crippen LogP contribution in [0.1, 0.15) is 75.1 Å². The molecule has 0 unspecified atom stereocenters. The number of amides is 1. The number of carbonyl (C=O) groups is 1. The summed E-state index contributed by atoms with van der Waals surface area (Å²) in [5, 5.41) is 18.1. The lowest BCUT2D eigenvalue weighted by molar-refractivity contribution is -0.146. The molecule has 36 heavy (non-hydrogen) atoms. The standard InChI is InChI=1S/C28H35N5O2S/c1-4-21-7-6-8-22(5-2)25(21)33-23(30-31-27(33)36-24-9-17(3)35-32-24)16-29-26(34)28-13-18-10-19(14-28)12-20(11-18)15-28/h6-9,18-20H,4-5,10-16H2,1-3H3,(H,29,34). The first kappa shape index (κ1) is 23.8. The number of aromatic nitrogens is 4. The maximum Gasteiger partial charge on any atom is 0.226 e. The van der Waals surface area contributed by atoms with Crippen LogP contribution < -0.4 is 5.32 Å². The Hall–Kier alpha value is -2.61. The van der Waals surface area contributed by atoms with Gasteiger partial charge in [0, 0.05) is 11.5 Å². The van der Waals surface area contributed by atoms with Gasteiger partial charge in [0.15, 0.2) is 5.82 Å². The molecule has 0 aliphatic heterocycles. The van der Waals surface area contributed by atoms with Crippen molar-refractivity contribution < 1.29 is 9.32 Å². The topological polar surface area (TPSA) is 85.8 Å². The fourth-order valence-corrected chi connectivity index (χ4v) is 8.28. The fraction of sp³-hybridized carbons (Fsp3) is 0.571. The van der Waals surface area contributed by atoms with Crippen molar-refractivity contribution in [3.8, 4) is 5.69 Å². The molecular formula is C28H35N5O2S. The van der Waals surface area contributed by atoms with Crippen LogP contribution in [0.2, 0.25) is 0 Å². The summed E-state index contributed by atoms with van der Waals surface area (Å²) in [7, 11) is 0. The Bertz CT molecular complexity index is 1220. The zero-order chi connectivity index (χ0) is 24.9. The summed E-state index contributed by atoms with van der Waals surface area (Å²) in [6, 6.07) is 8.36. The van der Waals surface area contributed by atoms with Crippen LogP contribution in [0, 0.1) is 30.1 Å². The summed E-state index contributed by atoms with van der Waals surface area (Å²) in [5.41, 5.74) is 3.42. The van der Waals surface area contributed by atoms with Crippen molar-refractivity contribution in [1.29, 1.82) is 0 Å². The van der Waals surface area contributed by atoms with E-state index in [9.17, 15) is 4.79 Å². The van der Waals surface area contributed by atoms with Gasteiger partial charge in [-0.1, -0.05) is 37.2 Å². The van der Waals surface area contributed by atoms with E-state index in [4.69, 9.17) is 4.52 Å². The Kier molecular flexibility index (Phi) is 6.18. The van der Waals surface area contributed by atoms with E-state index in [0.717, 1.165) is 77.3 Å². The largest absolute Gasteiger partial charge is 0.361 e. The van der Waals surface area contributed by atoms with E-state index in [2.05, 4.69) is 57.3 Å². The minimum absolute atomic E-state index is 0.175. The molecule has 1 amide bonds. The Balaban J connectivity index is 1.32. The predicted octanol–water partition coefficient (Wildman–Crippen LogP) is 5.67. The first-order valence-corrected chi connectivity index (χ1v) is 14.2. The molecule has 4 aliphatic rings. The van der Waals surface area contributed by atoms with Gasteiger partial charge in [0.25, 0.3) is 0 Å². The van der Waals surface area contributed by atoms with Gasteiger partial charge in [0.05, 0.1) is 12.2 Å². The van der Waals surface area contributed by atoms with Crippen molar-refractivity contribution in [3.63, 3.8) is 0 Å². The molecule has 4 aliphatic carbocycles. The van der Waals surface area contributed by atoms with E-state index in [1.807, 2.05) is 13.0 Å². The minimum Gasteiger partial charge on any atom is -0.361 e. The second kappa shape index (κ2) is 9.36. The van der Waals surface area contributed by atoms with Crippen molar-refractivity contribution in [2.45, 2.75) is 88.9 Å². The number of hydrogen-bond acceptors (Lipinski definition) is 6. The van der Waals surface area contributed by atoms with E-state index in [-0.39, 0.29) is 11.3 Å². The normalized spacial score (nSPS) is 26.5. The minimum atomic E-state index is -0.175. The van der Waals surface area contributed by atoms with Gasteiger partial charge in [-0.25, -0.2) is 0 Å². The van der Waals surface area contributed by atoms with Gasteiger partial charge in [-0.2, -0.15) is 0 Å². The van der Waals surface area contributed by atoms with Crippen LogP contribution in [0.5, 0.6) is 0 Å². The average molecular weight is 506 g/mol. The fourth-order valence-electron chi connectivity index (χ4n) is 7.43. The smallest absolute Gasteiger partial charge is 0.226 e. The van der Waals surface area contributed by atoms with Gasteiger partial charge in [0.2, 0.25) is 11.1 Å². The van der Waals surface area contributed by atoms with Crippen molar-refractivity contribution in [2.75, 3.05) is 0 Å². The molecule has 4 saturated carbocycles. The molecule has 0 atom stereocenters. The van der Waals surface area contributed by atoms with Crippen LogP contribution in [0.25, 0.3) is 5.69 Å². The summed E-state index contributed by atoms with van der Waals surface area (Å²) < 4.78 is 7.42. The number of hydrogen-bond donors (Lipinski definition) is 1. The Labute approximate surface area is 216 Å². The van der Waals surface area contributed by atoms with Crippen molar-refractivity contribution in [1.82, 2.24) is 25.2 Å². The maximum atomic E-state index is 13.7. The molecule has 0 radical (unpaired) electrons. The van der Waals surface area contributed by atoms with E-state index in [0.29, 0.717) is 6.54 Å². The first-order chi connectivity index (χ1) is 17.5. The predicted molar refractivity (Wildman–Crippen MR) is 138 cm³/mol. The highest BCUT2D eigenvalue weighted by Gasteiger charge is 2.54. The Morgan fingerprint density at radius 2 is 1.72 bits per heavy atom. The average Bonchev–Trinajstić information content (AvgIpc) is 3.46. The highest BCUT2D eigenvalue weighted by molar-refractivity contribution is 7.99. The summed E-state index contributed by atoms with van der Waals surface area (Å²) in [4.78, 5) is 13.7. The third-order valence-corrected chi connectivity index (χ3v) is 9.47. The molecule has 1 aromatic carbocycles. The maximum absolute atomic E-state index is 13.7. The van der Waals surface area contributed by atoms with Gasteiger partial charge in [-0.15, -0.1) is 10.2 Å². The highest BCUT2D eigenvalue weighted by atomic mass is 32.2. The van der Waals surface area contributed by atoms with Crippen LogP contribution in [0.15, 0.2) is 39.0 Å². The van der Waals surface area contributed by atoms with Crippen LogP contribution >= 0.6 is 11.8 Å². The van der Waals surface area contributed by atoms with Crippen LogP contribution in [-0.2, 0) is 24.2 Å². The van der Waals surface area contributed by atoms with E-state index in [1.165, 1.54) is 42.2 Å². The van der Waals surface area contributed by atoms with Crippen LogP contribution in [0.4, 0.5) is 0 Å². The number of benzene rings is 1.